The van der Waals surface area contributed by atoms with Gasteiger partial charge >= 0.3 is 0 Å². The molecule has 0 radical (unpaired) electrons. The monoisotopic (exact) mass is 654 g/mol. The Balaban J connectivity index is 1.29. The van der Waals surface area contributed by atoms with E-state index in [1.165, 1.54) is 0 Å². The van der Waals surface area contributed by atoms with Crippen molar-refractivity contribution < 1.29 is 19.1 Å². The Hall–Kier alpha value is -6.26. The third-order valence-corrected chi connectivity index (χ3v) is 8.78. The Labute approximate surface area is 294 Å². The van der Waals surface area contributed by atoms with Crippen LogP contribution in [0.3, 0.4) is 0 Å². The molecule has 0 heterocycles. The molecule has 0 spiro atoms. The lowest BCUT2D eigenvalue weighted by Gasteiger charge is -2.12. The van der Waals surface area contributed by atoms with Crippen molar-refractivity contribution in [2.45, 2.75) is 13.8 Å². The van der Waals surface area contributed by atoms with E-state index >= 15 is 0 Å². The molecule has 0 N–H and O–H groups in total. The topological polar surface area (TPSA) is 52.6 Å². The van der Waals surface area contributed by atoms with Gasteiger partial charge in [-0.05, 0) is 106 Å². The van der Waals surface area contributed by atoms with E-state index in [1.54, 1.807) is 28.1 Å². The van der Waals surface area contributed by atoms with Crippen LogP contribution in [0.1, 0.15) is 67.9 Å². The summed E-state index contributed by atoms with van der Waals surface area (Å²) in [6.07, 6.45) is 4.35. The summed E-state index contributed by atoms with van der Waals surface area (Å²) in [5.74, 6) is 1.69. The zero-order chi connectivity index (χ0) is 35.0. The van der Waals surface area contributed by atoms with Crippen LogP contribution in [0.15, 0.2) is 146 Å². The van der Waals surface area contributed by atoms with Crippen molar-refractivity contribution in [3.63, 3.8) is 0 Å². The Morgan fingerprint density at radius 3 is 0.900 bits per heavy atom. The smallest absolute Gasteiger partial charge is 0.159 e. The van der Waals surface area contributed by atoms with Crippen LogP contribution >= 0.6 is 0 Å². The van der Waals surface area contributed by atoms with Crippen LogP contribution in [0.4, 0.5) is 0 Å². The summed E-state index contributed by atoms with van der Waals surface area (Å²) in [5, 5.41) is 0. The lowest BCUT2D eigenvalue weighted by atomic mass is 9.93. The van der Waals surface area contributed by atoms with Gasteiger partial charge in [0.2, 0.25) is 0 Å². The van der Waals surface area contributed by atoms with Gasteiger partial charge in [0.15, 0.2) is 11.6 Å². The average Bonchev–Trinajstić information content (AvgIpc) is 3.17. The number of carbonyl (C=O) groups excluding carboxylic acids is 2. The summed E-state index contributed by atoms with van der Waals surface area (Å²) in [4.78, 5) is 23.8. The van der Waals surface area contributed by atoms with Gasteiger partial charge in [-0.15, -0.1) is 0 Å². The Kier molecular flexibility index (Phi) is 10.3. The summed E-state index contributed by atoms with van der Waals surface area (Å²) in [6.45, 7) is 3.16. The number of methoxy groups -OCH3 is 2. The molecule has 0 bridgehead atoms. The van der Waals surface area contributed by atoms with E-state index in [4.69, 9.17) is 9.47 Å². The maximum atomic E-state index is 11.9. The maximum absolute atomic E-state index is 11.9. The zero-order valence-electron chi connectivity index (χ0n) is 28.6. The Morgan fingerprint density at radius 1 is 0.380 bits per heavy atom. The van der Waals surface area contributed by atoms with Gasteiger partial charge in [0.05, 0.1) is 14.2 Å². The molecule has 0 aromatic heterocycles. The van der Waals surface area contributed by atoms with Crippen LogP contribution in [0.5, 0.6) is 11.5 Å². The second kappa shape index (κ2) is 15.3. The fourth-order valence-corrected chi connectivity index (χ4v) is 5.85. The van der Waals surface area contributed by atoms with Gasteiger partial charge in [0.25, 0.3) is 0 Å². The first-order valence-corrected chi connectivity index (χ1v) is 16.5. The molecule has 0 unspecified atom stereocenters. The van der Waals surface area contributed by atoms with Crippen LogP contribution in [-0.2, 0) is 0 Å². The molecule has 0 fully saturated rings. The number of benzene rings is 6. The van der Waals surface area contributed by atoms with Gasteiger partial charge in [-0.2, -0.15) is 0 Å². The summed E-state index contributed by atoms with van der Waals surface area (Å²) in [5.41, 5.74) is 12.0. The molecule has 0 amide bonds. The molecular weight excluding hydrogens is 617 g/mol. The first-order chi connectivity index (χ1) is 24.3. The van der Waals surface area contributed by atoms with Crippen LogP contribution in [0.2, 0.25) is 0 Å². The second-order valence-corrected chi connectivity index (χ2v) is 12.1. The first-order valence-electron chi connectivity index (χ1n) is 16.5. The minimum atomic E-state index is 0.0456. The third-order valence-electron chi connectivity index (χ3n) is 8.78. The highest BCUT2D eigenvalue weighted by Crippen LogP contribution is 2.31. The molecule has 246 valence electrons. The summed E-state index contributed by atoms with van der Waals surface area (Å²) in [7, 11) is 3.32. The number of hydrogen-bond acceptors (Lipinski definition) is 4. The van der Waals surface area contributed by atoms with E-state index < -0.39 is 0 Å². The number of Topliss-reactive ketones (excluding diaryl/α,β-unsaturated/α-hetero) is 2. The molecule has 6 aromatic rings. The van der Waals surface area contributed by atoms with Crippen molar-refractivity contribution >= 4 is 34.9 Å². The SMILES string of the molecule is COc1ccc(/C(=C/c2ccc(-c3ccc(/C=C(/c4ccc(OC)cc4)c4ccc(C(C)=O)cc4)cc3)cc2)c2ccc(C(C)=O)cc2)cc1. The fraction of sp³-hybridized carbons (Fsp3) is 0.0870. The number of hydrogen-bond donors (Lipinski definition) is 0. The molecule has 0 saturated heterocycles. The van der Waals surface area contributed by atoms with E-state index in [9.17, 15) is 9.59 Å². The van der Waals surface area contributed by atoms with Gasteiger partial charge in [-0.1, -0.05) is 121 Å². The van der Waals surface area contributed by atoms with E-state index in [1.807, 2.05) is 72.8 Å². The minimum absolute atomic E-state index is 0.0456. The second-order valence-electron chi connectivity index (χ2n) is 12.1. The van der Waals surface area contributed by atoms with Crippen molar-refractivity contribution in [1.82, 2.24) is 0 Å². The molecule has 4 heteroatoms. The largest absolute Gasteiger partial charge is 0.497 e. The van der Waals surface area contributed by atoms with Gasteiger partial charge in [-0.25, -0.2) is 0 Å². The summed E-state index contributed by atoms with van der Waals surface area (Å²) >= 11 is 0. The maximum Gasteiger partial charge on any atom is 0.159 e. The lowest BCUT2D eigenvalue weighted by Crippen LogP contribution is -1.94. The molecule has 0 aliphatic carbocycles. The van der Waals surface area contributed by atoms with Gasteiger partial charge in [-0.3, -0.25) is 9.59 Å². The summed E-state index contributed by atoms with van der Waals surface area (Å²) < 4.78 is 10.8. The molecule has 6 rings (SSSR count). The molecule has 0 atom stereocenters. The Bertz CT molecular complexity index is 1990. The van der Waals surface area contributed by atoms with Gasteiger partial charge in [0.1, 0.15) is 11.5 Å². The molecular formula is C46H38O4. The molecule has 0 aliphatic heterocycles. The van der Waals surface area contributed by atoms with E-state index in [2.05, 4.69) is 84.9 Å². The number of rotatable bonds is 11. The number of carbonyl (C=O) groups is 2. The molecule has 4 nitrogen and oxygen atoms in total. The van der Waals surface area contributed by atoms with Crippen molar-refractivity contribution in [3.05, 3.63) is 190 Å². The average molecular weight is 655 g/mol. The van der Waals surface area contributed by atoms with E-state index in [0.717, 1.165) is 67.2 Å². The van der Waals surface area contributed by atoms with Crippen LogP contribution in [-0.4, -0.2) is 25.8 Å². The third kappa shape index (κ3) is 7.88. The highest BCUT2D eigenvalue weighted by atomic mass is 16.5. The highest BCUT2D eigenvalue weighted by Gasteiger charge is 2.10. The van der Waals surface area contributed by atoms with E-state index in [0.29, 0.717) is 11.1 Å². The van der Waals surface area contributed by atoms with Gasteiger partial charge < -0.3 is 9.47 Å². The number of ketones is 2. The van der Waals surface area contributed by atoms with Crippen LogP contribution < -0.4 is 9.47 Å². The molecule has 6 aromatic carbocycles. The van der Waals surface area contributed by atoms with E-state index in [-0.39, 0.29) is 11.6 Å². The minimum Gasteiger partial charge on any atom is -0.497 e. The van der Waals surface area contributed by atoms with Crippen molar-refractivity contribution in [2.24, 2.45) is 0 Å². The molecule has 0 saturated carbocycles. The normalized spacial score (nSPS) is 11.6. The Morgan fingerprint density at radius 2 is 0.640 bits per heavy atom. The quantitative estimate of drug-likeness (QED) is 0.103. The zero-order valence-corrected chi connectivity index (χ0v) is 28.6. The van der Waals surface area contributed by atoms with Crippen molar-refractivity contribution in [3.8, 4) is 22.6 Å². The number of ether oxygens (including phenoxy) is 2. The predicted molar refractivity (Wildman–Crippen MR) is 205 cm³/mol. The lowest BCUT2D eigenvalue weighted by molar-refractivity contribution is 0.100. The molecule has 0 aliphatic rings. The fourth-order valence-electron chi connectivity index (χ4n) is 5.85. The summed E-state index contributed by atoms with van der Waals surface area (Å²) in [6, 6.07) is 48.6. The first kappa shape index (κ1) is 33.6. The van der Waals surface area contributed by atoms with Crippen LogP contribution in [0.25, 0.3) is 34.4 Å². The van der Waals surface area contributed by atoms with Crippen molar-refractivity contribution in [2.75, 3.05) is 14.2 Å². The molecule has 50 heavy (non-hydrogen) atoms. The van der Waals surface area contributed by atoms with Crippen molar-refractivity contribution in [1.29, 1.82) is 0 Å². The highest BCUT2D eigenvalue weighted by molar-refractivity contribution is 5.97. The van der Waals surface area contributed by atoms with Gasteiger partial charge in [0, 0.05) is 11.1 Å². The standard InChI is InChI=1S/C46H38O4/c1-31(47)35-13-17-39(18-14-35)45(41-21-25-43(49-3)26-22-41)29-33-5-9-37(10-6-33)38-11-7-34(8-12-38)30-46(42-23-27-44(50-4)28-24-42)40-19-15-36(16-20-40)32(2)48/h5-30H,1-4H3/b45-29+,46-30+. The predicted octanol–water partition coefficient (Wildman–Crippen LogP) is 11.0. The van der Waals surface area contributed by atoms with Crippen LogP contribution in [0, 0.1) is 0 Å².